The summed E-state index contributed by atoms with van der Waals surface area (Å²) in [5, 5.41) is 1.26. The summed E-state index contributed by atoms with van der Waals surface area (Å²) in [6.07, 6.45) is 2.06. The third kappa shape index (κ3) is 1.97. The number of hydrogen-bond donors (Lipinski definition) is 1. The van der Waals surface area contributed by atoms with Crippen molar-refractivity contribution < 1.29 is 0 Å². The van der Waals surface area contributed by atoms with Crippen LogP contribution in [0.25, 0.3) is 0 Å². The number of nitrogens with two attached hydrogens (primary N) is 1. The van der Waals surface area contributed by atoms with Gasteiger partial charge in [0.15, 0.2) is 5.82 Å². The first kappa shape index (κ1) is 10.4. The van der Waals surface area contributed by atoms with E-state index in [0.717, 1.165) is 18.0 Å². The lowest BCUT2D eigenvalue weighted by atomic mass is 10.5. The van der Waals surface area contributed by atoms with Crippen LogP contribution in [0, 0.1) is 0 Å². The number of rotatable bonds is 2. The van der Waals surface area contributed by atoms with Gasteiger partial charge >= 0.3 is 0 Å². The molecule has 6 heteroatoms. The zero-order chi connectivity index (χ0) is 9.97. The summed E-state index contributed by atoms with van der Waals surface area (Å²) in [6, 6.07) is 0. The van der Waals surface area contributed by atoms with E-state index in [1.54, 1.807) is 11.8 Å². The molecule has 0 radical (unpaired) electrons. The van der Waals surface area contributed by atoms with E-state index in [1.807, 2.05) is 11.8 Å². The first-order chi connectivity index (χ1) is 6.83. The third-order valence-electron chi connectivity index (χ3n) is 2.16. The maximum atomic E-state index is 5.81. The maximum Gasteiger partial charge on any atom is 0.153 e. The Hall–Kier alpha value is -0.0700. The van der Waals surface area contributed by atoms with E-state index >= 15 is 0 Å². The molecular formula is C8H13N3S3. The lowest BCUT2D eigenvalue weighted by Crippen LogP contribution is -2.32. The van der Waals surface area contributed by atoms with Gasteiger partial charge in [0.2, 0.25) is 0 Å². The van der Waals surface area contributed by atoms with Crippen LogP contribution in [0.4, 0.5) is 10.8 Å². The molecule has 2 rings (SSSR count). The summed E-state index contributed by atoms with van der Waals surface area (Å²) < 4.78 is 4.21. The van der Waals surface area contributed by atoms with Crippen molar-refractivity contribution in [3.8, 4) is 0 Å². The molecule has 0 saturated carbocycles. The Bertz CT molecular complexity index is 307. The van der Waals surface area contributed by atoms with E-state index in [4.69, 9.17) is 5.73 Å². The second-order valence-electron chi connectivity index (χ2n) is 3.01. The summed E-state index contributed by atoms with van der Waals surface area (Å²) in [7, 11) is 0. The largest absolute Gasteiger partial charge is 0.382 e. The zero-order valence-electron chi connectivity index (χ0n) is 8.02. The molecule has 1 aromatic heterocycles. The number of nitrogens with zero attached hydrogens (tertiary/aromatic N) is 2. The van der Waals surface area contributed by atoms with E-state index in [1.165, 1.54) is 28.0 Å². The molecule has 1 aromatic rings. The van der Waals surface area contributed by atoms with Gasteiger partial charge in [-0.05, 0) is 17.8 Å². The summed E-state index contributed by atoms with van der Waals surface area (Å²) in [5.41, 5.74) is 5.81. The van der Waals surface area contributed by atoms with E-state index in [-0.39, 0.29) is 0 Å². The molecule has 0 spiro atoms. The minimum absolute atomic E-state index is 0.690. The minimum Gasteiger partial charge on any atom is -0.382 e. The van der Waals surface area contributed by atoms with E-state index in [0.29, 0.717) is 5.82 Å². The molecule has 1 aliphatic rings. The van der Waals surface area contributed by atoms with Crippen LogP contribution in [0.2, 0.25) is 0 Å². The fourth-order valence-corrected chi connectivity index (χ4v) is 4.09. The fraction of sp³-hybridized carbons (Fsp3) is 0.625. The summed E-state index contributed by atoms with van der Waals surface area (Å²) in [5.74, 6) is 3.12. The molecule has 1 fully saturated rings. The zero-order valence-corrected chi connectivity index (χ0v) is 10.5. The highest BCUT2D eigenvalue weighted by Gasteiger charge is 2.18. The van der Waals surface area contributed by atoms with Crippen LogP contribution in [0.15, 0.2) is 4.90 Å². The average molecular weight is 247 g/mol. The molecular weight excluding hydrogens is 234 g/mol. The smallest absolute Gasteiger partial charge is 0.153 e. The lowest BCUT2D eigenvalue weighted by Gasteiger charge is -2.27. The number of hydrogen-bond acceptors (Lipinski definition) is 6. The quantitative estimate of drug-likeness (QED) is 0.810. The molecule has 0 aliphatic carbocycles. The Morgan fingerprint density at radius 1 is 1.43 bits per heavy atom. The molecule has 2 N–H and O–H groups in total. The highest BCUT2D eigenvalue weighted by atomic mass is 32.2. The molecule has 2 heterocycles. The Morgan fingerprint density at radius 3 is 2.79 bits per heavy atom. The average Bonchev–Trinajstić information content (AvgIpc) is 2.61. The predicted octanol–water partition coefficient (Wildman–Crippen LogP) is 2.00. The third-order valence-corrected chi connectivity index (χ3v) is 4.97. The van der Waals surface area contributed by atoms with Gasteiger partial charge in [-0.3, -0.25) is 0 Å². The molecule has 14 heavy (non-hydrogen) atoms. The first-order valence-electron chi connectivity index (χ1n) is 4.44. The highest BCUT2D eigenvalue weighted by molar-refractivity contribution is 7.99. The van der Waals surface area contributed by atoms with Gasteiger partial charge in [0.1, 0.15) is 5.00 Å². The molecule has 1 aliphatic heterocycles. The summed E-state index contributed by atoms with van der Waals surface area (Å²) in [4.78, 5) is 3.55. The van der Waals surface area contributed by atoms with Gasteiger partial charge < -0.3 is 10.6 Å². The number of anilines is 2. The normalized spacial score (nSPS) is 17.4. The standard InChI is InChI=1S/C8H13N3S3/c1-12-6-7(9)10-14-8(6)11-2-4-13-5-3-11/h2-5H2,1H3,(H2,9,10). The summed E-state index contributed by atoms with van der Waals surface area (Å²) >= 11 is 5.24. The van der Waals surface area contributed by atoms with Crippen LogP contribution in [0.3, 0.4) is 0 Å². The van der Waals surface area contributed by atoms with Crippen LogP contribution in [0.1, 0.15) is 0 Å². The van der Waals surface area contributed by atoms with Crippen molar-refractivity contribution in [3.63, 3.8) is 0 Å². The molecule has 0 bridgehead atoms. The van der Waals surface area contributed by atoms with Crippen molar-refractivity contribution in [1.29, 1.82) is 0 Å². The van der Waals surface area contributed by atoms with Gasteiger partial charge in [-0.1, -0.05) is 0 Å². The Morgan fingerprint density at radius 2 is 2.14 bits per heavy atom. The van der Waals surface area contributed by atoms with Crippen molar-refractivity contribution in [2.24, 2.45) is 0 Å². The predicted molar refractivity (Wildman–Crippen MR) is 67.8 cm³/mol. The van der Waals surface area contributed by atoms with Crippen LogP contribution < -0.4 is 10.6 Å². The van der Waals surface area contributed by atoms with E-state index < -0.39 is 0 Å². The van der Waals surface area contributed by atoms with Crippen LogP contribution in [-0.4, -0.2) is 35.2 Å². The summed E-state index contributed by atoms with van der Waals surface area (Å²) in [6.45, 7) is 2.25. The first-order valence-corrected chi connectivity index (χ1v) is 7.60. The minimum atomic E-state index is 0.690. The van der Waals surface area contributed by atoms with Gasteiger partial charge in [-0.25, -0.2) is 0 Å². The second-order valence-corrected chi connectivity index (χ2v) is 5.80. The van der Waals surface area contributed by atoms with Crippen molar-refractivity contribution in [2.45, 2.75) is 4.90 Å². The Kier molecular flexibility index (Phi) is 3.46. The second kappa shape index (κ2) is 4.63. The topological polar surface area (TPSA) is 42.1 Å². The SMILES string of the molecule is CSc1c(N)nsc1N1CCSCC1. The van der Waals surface area contributed by atoms with Gasteiger partial charge in [-0.15, -0.1) is 11.8 Å². The lowest BCUT2D eigenvalue weighted by molar-refractivity contribution is 0.860. The molecule has 0 atom stereocenters. The van der Waals surface area contributed by atoms with Crippen LogP contribution >= 0.6 is 35.1 Å². The molecule has 0 unspecified atom stereocenters. The molecule has 0 aromatic carbocycles. The number of thioether (sulfide) groups is 2. The number of aromatic nitrogens is 1. The maximum absolute atomic E-state index is 5.81. The van der Waals surface area contributed by atoms with Crippen molar-refractivity contribution in [3.05, 3.63) is 0 Å². The molecule has 1 saturated heterocycles. The van der Waals surface area contributed by atoms with Crippen LogP contribution in [-0.2, 0) is 0 Å². The molecule has 78 valence electrons. The van der Waals surface area contributed by atoms with Crippen molar-refractivity contribution >= 4 is 45.9 Å². The highest BCUT2D eigenvalue weighted by Crippen LogP contribution is 2.38. The van der Waals surface area contributed by atoms with E-state index in [9.17, 15) is 0 Å². The number of nitrogen functional groups attached to an aromatic ring is 1. The van der Waals surface area contributed by atoms with Gasteiger partial charge in [0.25, 0.3) is 0 Å². The van der Waals surface area contributed by atoms with Crippen molar-refractivity contribution in [1.82, 2.24) is 4.37 Å². The Labute approximate surface area is 96.6 Å². The van der Waals surface area contributed by atoms with E-state index in [2.05, 4.69) is 15.5 Å². The fourth-order valence-electron chi connectivity index (χ4n) is 1.44. The molecule has 0 amide bonds. The Balaban J connectivity index is 2.21. The van der Waals surface area contributed by atoms with Gasteiger partial charge in [0.05, 0.1) is 4.90 Å². The molecule has 3 nitrogen and oxygen atoms in total. The van der Waals surface area contributed by atoms with Gasteiger partial charge in [0, 0.05) is 24.6 Å². The van der Waals surface area contributed by atoms with Crippen molar-refractivity contribution in [2.75, 3.05) is 41.5 Å². The van der Waals surface area contributed by atoms with Gasteiger partial charge in [-0.2, -0.15) is 16.1 Å². The monoisotopic (exact) mass is 247 g/mol. The van der Waals surface area contributed by atoms with Crippen LogP contribution in [0.5, 0.6) is 0 Å².